The fourth-order valence-corrected chi connectivity index (χ4v) is 6.15. The van der Waals surface area contributed by atoms with Gasteiger partial charge in [0, 0.05) is 50.9 Å². The lowest BCUT2D eigenvalue weighted by Gasteiger charge is -2.36. The predicted octanol–water partition coefficient (Wildman–Crippen LogP) is 6.25. The highest BCUT2D eigenvalue weighted by atomic mass is 16.6. The molecule has 1 amide bonds. The van der Waals surface area contributed by atoms with Gasteiger partial charge in [-0.05, 0) is 66.3 Å². The molecule has 3 aromatic carbocycles. The second kappa shape index (κ2) is 13.4. The van der Waals surface area contributed by atoms with Crippen molar-refractivity contribution in [2.45, 2.75) is 38.8 Å². The van der Waals surface area contributed by atoms with E-state index in [0.29, 0.717) is 37.4 Å². The number of nitro groups is 1. The van der Waals surface area contributed by atoms with Gasteiger partial charge in [0.1, 0.15) is 11.5 Å². The molecule has 2 aliphatic rings. The number of hydrogen-bond donors (Lipinski definition) is 1. The van der Waals surface area contributed by atoms with Crippen LogP contribution in [0.1, 0.15) is 42.0 Å². The third-order valence-electron chi connectivity index (χ3n) is 8.79. The summed E-state index contributed by atoms with van der Waals surface area (Å²) < 4.78 is 0. The summed E-state index contributed by atoms with van der Waals surface area (Å²) >= 11 is 0. The molecule has 46 heavy (non-hydrogen) atoms. The van der Waals surface area contributed by atoms with E-state index in [2.05, 4.69) is 9.88 Å². The number of benzene rings is 3. The summed E-state index contributed by atoms with van der Waals surface area (Å²) in [4.78, 5) is 47.8. The average molecular weight is 620 g/mol. The molecule has 4 aromatic rings. The van der Waals surface area contributed by atoms with Crippen LogP contribution >= 0.6 is 0 Å². The molecule has 1 aliphatic heterocycles. The number of anilines is 2. The molecule has 1 unspecified atom stereocenters. The van der Waals surface area contributed by atoms with Crippen molar-refractivity contribution in [3.63, 3.8) is 0 Å². The highest BCUT2D eigenvalue weighted by Gasteiger charge is 2.37. The number of pyridine rings is 1. The molecule has 10 nitrogen and oxygen atoms in total. The Morgan fingerprint density at radius 3 is 2.30 bits per heavy atom. The maximum atomic E-state index is 13.6. The minimum atomic E-state index is -0.974. The van der Waals surface area contributed by atoms with Gasteiger partial charge in [0.15, 0.2) is 0 Å². The largest absolute Gasteiger partial charge is 0.481 e. The van der Waals surface area contributed by atoms with Crippen LogP contribution in [0, 0.1) is 23.0 Å². The predicted molar refractivity (Wildman–Crippen MR) is 177 cm³/mol. The molecule has 10 heteroatoms. The average Bonchev–Trinajstić information content (AvgIpc) is 3.93. The fourth-order valence-electron chi connectivity index (χ4n) is 6.15. The SMILES string of the molecule is Cc1ccc(C(CC(=O)O)N(Cc2cccc(-c3ccc(N4CCN(c5ccccn5)CC4)c([N+](=O)[O-])c3)c2)C(=O)C2CC2)cc1. The first-order chi connectivity index (χ1) is 22.3. The van der Waals surface area contributed by atoms with Crippen LogP contribution in [0.25, 0.3) is 11.1 Å². The zero-order valence-electron chi connectivity index (χ0n) is 25.8. The minimum absolute atomic E-state index is 0.0413. The molecule has 1 saturated carbocycles. The van der Waals surface area contributed by atoms with Crippen molar-refractivity contribution in [2.24, 2.45) is 5.92 Å². The van der Waals surface area contributed by atoms with Gasteiger partial charge in [0.05, 0.1) is 17.4 Å². The Morgan fingerprint density at radius 2 is 1.65 bits per heavy atom. The topological polar surface area (TPSA) is 120 Å². The maximum absolute atomic E-state index is 13.6. The van der Waals surface area contributed by atoms with E-state index in [1.165, 1.54) is 0 Å². The van der Waals surface area contributed by atoms with Gasteiger partial charge in [-0.3, -0.25) is 19.7 Å². The van der Waals surface area contributed by atoms with Gasteiger partial charge < -0.3 is 19.8 Å². The fraction of sp³-hybridized carbons (Fsp3) is 0.306. The summed E-state index contributed by atoms with van der Waals surface area (Å²) in [5.41, 5.74) is 4.78. The van der Waals surface area contributed by atoms with Crippen LogP contribution < -0.4 is 9.80 Å². The monoisotopic (exact) mass is 619 g/mol. The number of rotatable bonds is 11. The second-order valence-electron chi connectivity index (χ2n) is 12.1. The number of carboxylic acids is 1. The third kappa shape index (κ3) is 7.01. The molecular weight excluding hydrogens is 582 g/mol. The van der Waals surface area contributed by atoms with E-state index in [9.17, 15) is 24.8 Å². The first-order valence-corrected chi connectivity index (χ1v) is 15.6. The van der Waals surface area contributed by atoms with Gasteiger partial charge >= 0.3 is 5.97 Å². The summed E-state index contributed by atoms with van der Waals surface area (Å²) in [6.07, 6.45) is 3.17. The lowest BCUT2D eigenvalue weighted by Crippen LogP contribution is -2.47. The lowest BCUT2D eigenvalue weighted by atomic mass is 9.98. The summed E-state index contributed by atoms with van der Waals surface area (Å²) in [7, 11) is 0. The van der Waals surface area contributed by atoms with Gasteiger partial charge in [0.2, 0.25) is 5.91 Å². The molecule has 2 heterocycles. The van der Waals surface area contributed by atoms with E-state index in [-0.39, 0.29) is 35.4 Å². The molecule has 1 aromatic heterocycles. The van der Waals surface area contributed by atoms with Crippen molar-refractivity contribution in [3.8, 4) is 11.1 Å². The van der Waals surface area contributed by atoms with E-state index in [0.717, 1.165) is 40.9 Å². The Balaban J connectivity index is 1.25. The third-order valence-corrected chi connectivity index (χ3v) is 8.79. The van der Waals surface area contributed by atoms with Crippen molar-refractivity contribution >= 4 is 29.1 Å². The van der Waals surface area contributed by atoms with Crippen LogP contribution in [0.2, 0.25) is 0 Å². The van der Waals surface area contributed by atoms with Crippen LogP contribution in [0.15, 0.2) is 91.1 Å². The zero-order valence-corrected chi connectivity index (χ0v) is 25.8. The van der Waals surface area contributed by atoms with Crippen LogP contribution in [-0.2, 0) is 16.1 Å². The summed E-state index contributed by atoms with van der Waals surface area (Å²) in [5.74, 6) is -0.206. The smallest absolute Gasteiger partial charge is 0.305 e. The van der Waals surface area contributed by atoms with Crippen molar-refractivity contribution in [1.82, 2.24) is 9.88 Å². The summed E-state index contributed by atoms with van der Waals surface area (Å²) in [6, 6.07) is 25.8. The Morgan fingerprint density at radius 1 is 0.935 bits per heavy atom. The normalized spacial score (nSPS) is 15.3. The van der Waals surface area contributed by atoms with E-state index in [1.807, 2.05) is 90.7 Å². The maximum Gasteiger partial charge on any atom is 0.305 e. The van der Waals surface area contributed by atoms with Crippen molar-refractivity contribution in [2.75, 3.05) is 36.0 Å². The Hall–Kier alpha value is -5.25. The number of amides is 1. The number of carbonyl (C=O) groups is 2. The number of piperazine rings is 1. The molecule has 0 radical (unpaired) electrons. The van der Waals surface area contributed by atoms with Gasteiger partial charge in [-0.15, -0.1) is 0 Å². The molecule has 2 fully saturated rings. The first-order valence-electron chi connectivity index (χ1n) is 15.6. The van der Waals surface area contributed by atoms with Gasteiger partial charge in [-0.1, -0.05) is 60.2 Å². The van der Waals surface area contributed by atoms with Gasteiger partial charge in [-0.2, -0.15) is 0 Å². The van der Waals surface area contributed by atoms with Gasteiger partial charge in [-0.25, -0.2) is 4.98 Å². The number of hydrogen-bond acceptors (Lipinski definition) is 7. The molecule has 6 rings (SSSR count). The van der Waals surface area contributed by atoms with E-state index in [1.54, 1.807) is 17.2 Å². The minimum Gasteiger partial charge on any atom is -0.481 e. The van der Waals surface area contributed by atoms with Crippen molar-refractivity contribution < 1.29 is 19.6 Å². The molecule has 1 N–H and O–H groups in total. The number of carbonyl (C=O) groups excluding carboxylic acids is 1. The number of aryl methyl sites for hydroxylation is 1. The quantitative estimate of drug-likeness (QED) is 0.155. The van der Waals surface area contributed by atoms with Crippen LogP contribution in [0.5, 0.6) is 0 Å². The zero-order chi connectivity index (χ0) is 32.2. The Bertz CT molecular complexity index is 1720. The number of aromatic nitrogens is 1. The Kier molecular flexibility index (Phi) is 8.96. The first kappa shape index (κ1) is 30.8. The number of aliphatic carboxylic acids is 1. The van der Waals surface area contributed by atoms with Crippen LogP contribution in [-0.4, -0.2) is 58.0 Å². The number of nitro benzene ring substituents is 1. The van der Waals surface area contributed by atoms with Crippen molar-refractivity contribution in [3.05, 3.63) is 118 Å². The summed E-state index contributed by atoms with van der Waals surface area (Å²) in [6.45, 7) is 4.88. The molecule has 0 spiro atoms. The molecule has 1 saturated heterocycles. The van der Waals surface area contributed by atoms with E-state index in [4.69, 9.17) is 0 Å². The Labute approximate surface area is 268 Å². The second-order valence-corrected chi connectivity index (χ2v) is 12.1. The van der Waals surface area contributed by atoms with Crippen LogP contribution in [0.4, 0.5) is 17.2 Å². The number of nitrogens with zero attached hydrogens (tertiary/aromatic N) is 5. The lowest BCUT2D eigenvalue weighted by molar-refractivity contribution is -0.384. The molecule has 236 valence electrons. The highest BCUT2D eigenvalue weighted by Crippen LogP contribution is 2.38. The molecular formula is C36H37N5O5. The van der Waals surface area contributed by atoms with E-state index < -0.39 is 12.0 Å². The number of carboxylic acid groups (broad SMARTS) is 1. The standard InChI is InChI=1S/C36H37N5O5/c1-25-8-10-27(11-9-25)32(23-35(42)43)40(36(44)28-12-13-28)24-26-5-4-6-29(21-26)30-14-15-31(33(22-30)41(45)46)38-17-19-39(20-18-38)34-7-2-3-16-37-34/h2-11,14-16,21-22,28,32H,12-13,17-20,23-24H2,1H3,(H,42,43). The molecule has 1 atom stereocenters. The van der Waals surface area contributed by atoms with Crippen LogP contribution in [0.3, 0.4) is 0 Å². The van der Waals surface area contributed by atoms with Gasteiger partial charge in [0.25, 0.3) is 5.69 Å². The summed E-state index contributed by atoms with van der Waals surface area (Å²) in [5, 5.41) is 22.1. The molecule has 1 aliphatic carbocycles. The van der Waals surface area contributed by atoms with Crippen molar-refractivity contribution in [1.29, 1.82) is 0 Å². The highest BCUT2D eigenvalue weighted by molar-refractivity contribution is 5.82. The van der Waals surface area contributed by atoms with E-state index >= 15 is 0 Å². The molecule has 0 bridgehead atoms.